The molecule has 0 aromatic heterocycles. The number of amides is 1. The molecule has 0 spiro atoms. The van der Waals surface area contributed by atoms with Gasteiger partial charge in [-0.2, -0.15) is 22.0 Å². The summed E-state index contributed by atoms with van der Waals surface area (Å²) >= 11 is 0. The Kier molecular flexibility index (Phi) is 10.1. The van der Waals surface area contributed by atoms with Gasteiger partial charge < -0.3 is 19.7 Å². The SMILES string of the molecule is Cl.O=C(CNCC(F)(F)c1cccc(OCCCC(F)(F)F)c1)N1CCOCC1. The van der Waals surface area contributed by atoms with E-state index in [-0.39, 0.29) is 49.2 Å². The first-order valence-corrected chi connectivity index (χ1v) is 8.91. The molecule has 1 amide bonds. The highest BCUT2D eigenvalue weighted by molar-refractivity contribution is 5.85. The van der Waals surface area contributed by atoms with Gasteiger partial charge in [-0.15, -0.1) is 12.4 Å². The Balaban J connectivity index is 0.00000420. The van der Waals surface area contributed by atoms with Crippen molar-refractivity contribution in [3.8, 4) is 5.75 Å². The summed E-state index contributed by atoms with van der Waals surface area (Å²) < 4.78 is 75.3. The van der Waals surface area contributed by atoms with Gasteiger partial charge in [0.05, 0.1) is 32.9 Å². The van der Waals surface area contributed by atoms with Gasteiger partial charge in [0, 0.05) is 25.1 Å². The number of benzene rings is 1. The monoisotopic (exact) mass is 446 g/mol. The number of hydrogen-bond donors (Lipinski definition) is 1. The van der Waals surface area contributed by atoms with E-state index in [1.807, 2.05) is 0 Å². The Hall–Kier alpha value is -1.65. The molecule has 1 N–H and O–H groups in total. The van der Waals surface area contributed by atoms with Crippen LogP contribution in [-0.4, -0.2) is 63.0 Å². The van der Waals surface area contributed by atoms with Gasteiger partial charge in [0.1, 0.15) is 5.75 Å². The van der Waals surface area contributed by atoms with Crippen LogP contribution in [0.2, 0.25) is 0 Å². The highest BCUT2D eigenvalue weighted by Crippen LogP contribution is 2.30. The van der Waals surface area contributed by atoms with Crippen LogP contribution in [0.3, 0.4) is 0 Å². The van der Waals surface area contributed by atoms with E-state index in [9.17, 15) is 26.7 Å². The summed E-state index contributed by atoms with van der Waals surface area (Å²) in [6, 6.07) is 5.05. The van der Waals surface area contributed by atoms with Crippen molar-refractivity contribution >= 4 is 18.3 Å². The number of hydrogen-bond acceptors (Lipinski definition) is 4. The fourth-order valence-electron chi connectivity index (χ4n) is 2.63. The fraction of sp³-hybridized carbons (Fsp3) is 0.611. The van der Waals surface area contributed by atoms with Gasteiger partial charge in [0.25, 0.3) is 5.92 Å². The maximum atomic E-state index is 14.4. The Morgan fingerprint density at radius 2 is 1.86 bits per heavy atom. The van der Waals surface area contributed by atoms with Crippen molar-refractivity contribution in [3.63, 3.8) is 0 Å². The van der Waals surface area contributed by atoms with Crippen LogP contribution in [0.1, 0.15) is 18.4 Å². The van der Waals surface area contributed by atoms with Gasteiger partial charge in [0.15, 0.2) is 0 Å². The summed E-state index contributed by atoms with van der Waals surface area (Å²) in [5.41, 5.74) is -0.341. The zero-order valence-electron chi connectivity index (χ0n) is 15.6. The number of carbonyl (C=O) groups is 1. The zero-order valence-corrected chi connectivity index (χ0v) is 16.5. The maximum absolute atomic E-state index is 14.4. The number of alkyl halides is 5. The van der Waals surface area contributed by atoms with Crippen molar-refractivity contribution in [1.82, 2.24) is 10.2 Å². The Bertz CT molecular complexity index is 640. The van der Waals surface area contributed by atoms with Gasteiger partial charge in [-0.3, -0.25) is 4.79 Å². The standard InChI is InChI=1S/C18H23F5N2O3.ClH/c19-17(20,13-24-12-16(26)25-6-9-27-10-7-25)14-3-1-4-15(11-14)28-8-2-5-18(21,22)23;/h1,3-4,11,24H,2,5-10,12-13H2;1H. The van der Waals surface area contributed by atoms with Crippen LogP contribution in [0.5, 0.6) is 5.75 Å². The highest BCUT2D eigenvalue weighted by Gasteiger charge is 2.32. The summed E-state index contributed by atoms with van der Waals surface area (Å²) in [6.45, 7) is 0.537. The number of morpholine rings is 1. The van der Waals surface area contributed by atoms with Crippen LogP contribution in [0.15, 0.2) is 24.3 Å². The summed E-state index contributed by atoms with van der Waals surface area (Å²) in [7, 11) is 0. The van der Waals surface area contributed by atoms with E-state index < -0.39 is 25.1 Å². The predicted octanol–water partition coefficient (Wildman–Crippen LogP) is 3.37. The molecule has 11 heteroatoms. The number of halogens is 6. The normalized spacial score (nSPS) is 15.0. The fourth-order valence-corrected chi connectivity index (χ4v) is 2.63. The second-order valence-corrected chi connectivity index (χ2v) is 6.40. The second-order valence-electron chi connectivity index (χ2n) is 6.40. The molecule has 0 atom stereocenters. The third kappa shape index (κ3) is 9.14. The van der Waals surface area contributed by atoms with Gasteiger partial charge >= 0.3 is 6.18 Å². The average Bonchev–Trinajstić information content (AvgIpc) is 2.65. The minimum absolute atomic E-state index is 0. The molecule has 1 heterocycles. The minimum Gasteiger partial charge on any atom is -0.494 e. The summed E-state index contributed by atoms with van der Waals surface area (Å²) in [5, 5.41) is 2.46. The van der Waals surface area contributed by atoms with Crippen molar-refractivity contribution in [3.05, 3.63) is 29.8 Å². The van der Waals surface area contributed by atoms with Crippen LogP contribution in [0.25, 0.3) is 0 Å². The first-order chi connectivity index (χ1) is 13.2. The maximum Gasteiger partial charge on any atom is 0.389 e. The number of carbonyl (C=O) groups excluding carboxylic acids is 1. The molecule has 166 valence electrons. The van der Waals surface area contributed by atoms with Crippen LogP contribution >= 0.6 is 12.4 Å². The van der Waals surface area contributed by atoms with Gasteiger partial charge in [-0.1, -0.05) is 12.1 Å². The highest BCUT2D eigenvalue weighted by atomic mass is 35.5. The van der Waals surface area contributed by atoms with E-state index in [1.165, 1.54) is 18.2 Å². The molecule has 0 bridgehead atoms. The van der Waals surface area contributed by atoms with Crippen LogP contribution in [-0.2, 0) is 15.5 Å². The lowest BCUT2D eigenvalue weighted by Gasteiger charge is -2.27. The lowest BCUT2D eigenvalue weighted by atomic mass is 10.1. The Morgan fingerprint density at radius 1 is 1.17 bits per heavy atom. The second kappa shape index (κ2) is 11.5. The average molecular weight is 447 g/mol. The third-order valence-corrected chi connectivity index (χ3v) is 4.12. The van der Waals surface area contributed by atoms with Crippen molar-refractivity contribution in [1.29, 1.82) is 0 Å². The molecule has 0 unspecified atom stereocenters. The number of nitrogens with one attached hydrogen (secondary N) is 1. The third-order valence-electron chi connectivity index (χ3n) is 4.12. The van der Waals surface area contributed by atoms with Crippen molar-refractivity contribution < 1.29 is 36.2 Å². The lowest BCUT2D eigenvalue weighted by Crippen LogP contribution is -2.46. The molecule has 1 aliphatic heterocycles. The predicted molar refractivity (Wildman–Crippen MR) is 98.6 cm³/mol. The van der Waals surface area contributed by atoms with Crippen LogP contribution in [0.4, 0.5) is 22.0 Å². The van der Waals surface area contributed by atoms with Gasteiger partial charge in [0.2, 0.25) is 5.91 Å². The van der Waals surface area contributed by atoms with E-state index in [2.05, 4.69) is 5.32 Å². The molecule has 0 radical (unpaired) electrons. The quantitative estimate of drug-likeness (QED) is 0.467. The van der Waals surface area contributed by atoms with E-state index in [4.69, 9.17) is 9.47 Å². The van der Waals surface area contributed by atoms with Crippen molar-refractivity contribution in [2.45, 2.75) is 24.9 Å². The molecular weight excluding hydrogens is 423 g/mol. The van der Waals surface area contributed by atoms with E-state index in [0.29, 0.717) is 26.3 Å². The summed E-state index contributed by atoms with van der Waals surface area (Å²) in [5.74, 6) is -3.47. The molecule has 1 aromatic rings. The van der Waals surface area contributed by atoms with Crippen molar-refractivity contribution in [2.24, 2.45) is 0 Å². The van der Waals surface area contributed by atoms with Gasteiger partial charge in [-0.25, -0.2) is 0 Å². The van der Waals surface area contributed by atoms with Crippen molar-refractivity contribution in [2.75, 3.05) is 46.0 Å². The van der Waals surface area contributed by atoms with E-state index in [0.717, 1.165) is 6.07 Å². The number of rotatable bonds is 9. The summed E-state index contributed by atoms with van der Waals surface area (Å²) in [6.07, 6.45) is -5.53. The minimum atomic E-state index is -4.28. The molecule has 2 rings (SSSR count). The van der Waals surface area contributed by atoms with E-state index in [1.54, 1.807) is 4.90 Å². The molecule has 1 saturated heterocycles. The largest absolute Gasteiger partial charge is 0.494 e. The Morgan fingerprint density at radius 3 is 2.52 bits per heavy atom. The molecule has 1 aliphatic rings. The Labute approximate surface area is 171 Å². The molecule has 0 saturated carbocycles. The van der Waals surface area contributed by atoms with Crippen LogP contribution in [0, 0.1) is 0 Å². The van der Waals surface area contributed by atoms with Gasteiger partial charge in [-0.05, 0) is 18.6 Å². The zero-order chi connectivity index (χ0) is 20.6. The lowest BCUT2D eigenvalue weighted by molar-refractivity contribution is -0.136. The van der Waals surface area contributed by atoms with E-state index >= 15 is 0 Å². The molecular formula is C18H24ClF5N2O3. The molecule has 29 heavy (non-hydrogen) atoms. The summed E-state index contributed by atoms with van der Waals surface area (Å²) in [4.78, 5) is 13.5. The smallest absolute Gasteiger partial charge is 0.389 e. The molecule has 1 fully saturated rings. The first kappa shape index (κ1) is 25.4. The first-order valence-electron chi connectivity index (χ1n) is 8.91. The number of nitrogens with zero attached hydrogens (tertiary/aromatic N) is 1. The molecule has 1 aromatic carbocycles. The molecule has 5 nitrogen and oxygen atoms in total. The molecule has 0 aliphatic carbocycles. The number of ether oxygens (including phenoxy) is 2. The van der Waals surface area contributed by atoms with Crippen LogP contribution < -0.4 is 10.1 Å². The topological polar surface area (TPSA) is 50.8 Å².